The van der Waals surface area contributed by atoms with Crippen LogP contribution in [0.15, 0.2) is 30.3 Å². The maximum Gasteiger partial charge on any atom is 0.408 e. The number of hydrogen-bond acceptors (Lipinski definition) is 6. The summed E-state index contributed by atoms with van der Waals surface area (Å²) in [6.45, 7) is 13.0. The van der Waals surface area contributed by atoms with Crippen molar-refractivity contribution in [1.82, 2.24) is 21.3 Å². The fourth-order valence-corrected chi connectivity index (χ4v) is 3.85. The van der Waals surface area contributed by atoms with Gasteiger partial charge in [-0.05, 0) is 52.0 Å². The zero-order chi connectivity index (χ0) is 28.9. The highest BCUT2D eigenvalue weighted by Crippen LogP contribution is 2.12. The summed E-state index contributed by atoms with van der Waals surface area (Å²) >= 11 is 0. The lowest BCUT2D eigenvalue weighted by Crippen LogP contribution is -2.58. The Morgan fingerprint density at radius 2 is 1.50 bits per heavy atom. The van der Waals surface area contributed by atoms with Gasteiger partial charge in [0.1, 0.15) is 17.7 Å². The van der Waals surface area contributed by atoms with Crippen LogP contribution >= 0.6 is 0 Å². The highest BCUT2D eigenvalue weighted by atomic mass is 16.6. The number of aliphatic hydroxyl groups excluding tert-OH is 1. The summed E-state index contributed by atoms with van der Waals surface area (Å²) < 4.78 is 5.35. The number of benzene rings is 1. The molecule has 38 heavy (non-hydrogen) atoms. The molecule has 10 heteroatoms. The van der Waals surface area contributed by atoms with Crippen LogP contribution in [-0.2, 0) is 25.5 Å². The number of carbonyl (C=O) groups excluding carboxylic acids is 4. The Labute approximate surface area is 226 Å². The van der Waals surface area contributed by atoms with Crippen LogP contribution in [0.1, 0.15) is 73.3 Å². The zero-order valence-electron chi connectivity index (χ0n) is 23.8. The Balaban J connectivity index is 3.12. The maximum atomic E-state index is 13.4. The number of amides is 4. The van der Waals surface area contributed by atoms with Crippen LogP contribution in [0.2, 0.25) is 0 Å². The van der Waals surface area contributed by atoms with E-state index in [1.165, 1.54) is 0 Å². The third-order valence-corrected chi connectivity index (χ3v) is 5.56. The molecule has 0 saturated carbocycles. The second-order valence-corrected chi connectivity index (χ2v) is 10.8. The fourth-order valence-electron chi connectivity index (χ4n) is 3.85. The van der Waals surface area contributed by atoms with E-state index >= 15 is 0 Å². The molecule has 5 N–H and O–H groups in total. The molecule has 10 nitrogen and oxygen atoms in total. The van der Waals surface area contributed by atoms with E-state index in [0.717, 1.165) is 5.56 Å². The topological polar surface area (TPSA) is 146 Å². The molecule has 4 amide bonds. The molecule has 4 atom stereocenters. The van der Waals surface area contributed by atoms with Gasteiger partial charge in [0.2, 0.25) is 11.8 Å². The van der Waals surface area contributed by atoms with Crippen molar-refractivity contribution in [2.45, 2.75) is 104 Å². The first kappa shape index (κ1) is 32.9. The second kappa shape index (κ2) is 16.0. The lowest BCUT2D eigenvalue weighted by atomic mass is 9.99. The zero-order valence-corrected chi connectivity index (χ0v) is 23.8. The minimum atomic E-state index is -1.42. The number of likely N-dealkylation sites (N-methyl/N-ethyl adjacent to an activating group) is 1. The van der Waals surface area contributed by atoms with Crippen molar-refractivity contribution in [3.8, 4) is 0 Å². The number of nitrogens with one attached hydrogen (secondary N) is 4. The minimum Gasteiger partial charge on any atom is -0.444 e. The summed E-state index contributed by atoms with van der Waals surface area (Å²) in [5.74, 6) is -1.57. The fraction of sp³-hybridized carbons (Fsp3) is 0.643. The van der Waals surface area contributed by atoms with Crippen molar-refractivity contribution in [1.29, 1.82) is 0 Å². The molecule has 1 rings (SSSR count). The van der Waals surface area contributed by atoms with Gasteiger partial charge >= 0.3 is 6.09 Å². The lowest BCUT2D eigenvalue weighted by Gasteiger charge is -2.28. The second-order valence-electron chi connectivity index (χ2n) is 10.8. The lowest BCUT2D eigenvalue weighted by molar-refractivity contribution is -0.134. The van der Waals surface area contributed by atoms with Crippen molar-refractivity contribution in [2.24, 2.45) is 5.92 Å². The van der Waals surface area contributed by atoms with Gasteiger partial charge < -0.3 is 31.1 Å². The van der Waals surface area contributed by atoms with E-state index in [1.807, 2.05) is 51.1 Å². The van der Waals surface area contributed by atoms with E-state index in [2.05, 4.69) is 21.3 Å². The van der Waals surface area contributed by atoms with E-state index in [1.54, 1.807) is 27.7 Å². The first-order valence-electron chi connectivity index (χ1n) is 13.4. The summed E-state index contributed by atoms with van der Waals surface area (Å²) in [5, 5.41) is 21.2. The number of ether oxygens (including phenoxy) is 1. The van der Waals surface area contributed by atoms with E-state index in [4.69, 9.17) is 4.74 Å². The van der Waals surface area contributed by atoms with Gasteiger partial charge in [0.25, 0.3) is 5.91 Å². The molecule has 1 aromatic carbocycles. The van der Waals surface area contributed by atoms with Crippen molar-refractivity contribution in [3.05, 3.63) is 35.9 Å². The molecule has 0 spiro atoms. The number of carbonyl (C=O) groups is 4. The molecule has 0 aliphatic rings. The molecule has 1 aromatic rings. The maximum absolute atomic E-state index is 13.4. The van der Waals surface area contributed by atoms with E-state index in [9.17, 15) is 24.3 Å². The Bertz CT molecular complexity index is 900. The molecule has 0 aliphatic carbocycles. The molecule has 0 aromatic heterocycles. The van der Waals surface area contributed by atoms with Gasteiger partial charge in [-0.3, -0.25) is 14.4 Å². The van der Waals surface area contributed by atoms with Crippen LogP contribution in [0.3, 0.4) is 0 Å². The SMILES string of the molecule is CCC[C@H](NC(=O)[C@H](CC(C)C)NC(=O)[C@@H](Cc1ccccc1)NC(=O)OC(C)(C)C)C(O)C(=O)NCC. The molecular formula is C28H46N4O6. The number of hydrogen-bond donors (Lipinski definition) is 5. The molecule has 1 unspecified atom stereocenters. The van der Waals surface area contributed by atoms with Crippen molar-refractivity contribution >= 4 is 23.8 Å². The summed E-state index contributed by atoms with van der Waals surface area (Å²) in [4.78, 5) is 51.4. The van der Waals surface area contributed by atoms with Crippen LogP contribution in [0.25, 0.3) is 0 Å². The summed E-state index contributed by atoms with van der Waals surface area (Å²) in [6, 6.07) is 6.45. The van der Waals surface area contributed by atoms with Gasteiger partial charge in [-0.1, -0.05) is 57.5 Å². The van der Waals surface area contributed by atoms with Gasteiger partial charge in [0.15, 0.2) is 6.10 Å². The normalized spacial score (nSPS) is 14.6. The number of aliphatic hydroxyl groups is 1. The van der Waals surface area contributed by atoms with Crippen LogP contribution in [-0.4, -0.2) is 65.3 Å². The third kappa shape index (κ3) is 12.4. The minimum absolute atomic E-state index is 0.0513. The van der Waals surface area contributed by atoms with Crippen LogP contribution in [0.4, 0.5) is 4.79 Å². The third-order valence-electron chi connectivity index (χ3n) is 5.56. The van der Waals surface area contributed by atoms with Crippen LogP contribution in [0, 0.1) is 5.92 Å². The highest BCUT2D eigenvalue weighted by Gasteiger charge is 2.32. The van der Waals surface area contributed by atoms with Gasteiger partial charge in [0.05, 0.1) is 6.04 Å². The quantitative estimate of drug-likeness (QED) is 0.248. The largest absolute Gasteiger partial charge is 0.444 e. The monoisotopic (exact) mass is 534 g/mol. The molecule has 0 saturated heterocycles. The van der Waals surface area contributed by atoms with E-state index in [-0.39, 0.29) is 12.3 Å². The molecule has 0 radical (unpaired) electrons. The first-order valence-corrected chi connectivity index (χ1v) is 13.4. The van der Waals surface area contributed by atoms with Crippen molar-refractivity contribution < 1.29 is 29.0 Å². The molecule has 214 valence electrons. The molecule has 0 heterocycles. The first-order chi connectivity index (χ1) is 17.8. The Kier molecular flexibility index (Phi) is 13.8. The summed E-state index contributed by atoms with van der Waals surface area (Å²) in [5.41, 5.74) is 0.0681. The van der Waals surface area contributed by atoms with E-state index in [0.29, 0.717) is 25.8 Å². The Hall–Kier alpha value is -3.14. The molecule has 0 aliphatic heterocycles. The predicted octanol–water partition coefficient (Wildman–Crippen LogP) is 2.44. The Morgan fingerprint density at radius 1 is 0.895 bits per heavy atom. The van der Waals surface area contributed by atoms with Crippen LogP contribution in [0.5, 0.6) is 0 Å². The summed E-state index contributed by atoms with van der Waals surface area (Å²) in [6.07, 6.45) is -0.653. The number of alkyl carbamates (subject to hydrolysis) is 1. The van der Waals surface area contributed by atoms with Crippen LogP contribution < -0.4 is 21.3 Å². The van der Waals surface area contributed by atoms with E-state index < -0.39 is 53.6 Å². The number of rotatable bonds is 14. The smallest absolute Gasteiger partial charge is 0.408 e. The molecular weight excluding hydrogens is 488 g/mol. The van der Waals surface area contributed by atoms with Crippen molar-refractivity contribution in [3.63, 3.8) is 0 Å². The average molecular weight is 535 g/mol. The van der Waals surface area contributed by atoms with Gasteiger partial charge in [-0.15, -0.1) is 0 Å². The molecule has 0 bridgehead atoms. The standard InChI is InChI=1S/C28H46N4O6/c1-8-13-20(23(33)26(36)29-9-2)30-24(34)21(16-18(3)4)31-25(35)22(17-19-14-11-10-12-15-19)32-27(37)38-28(5,6)7/h10-12,14-15,18,20-23,33H,8-9,13,16-17H2,1-7H3,(H,29,36)(H,30,34)(H,31,35)(H,32,37)/t20-,21-,22+,23?/m0/s1. The van der Waals surface area contributed by atoms with Gasteiger partial charge in [-0.2, -0.15) is 0 Å². The van der Waals surface area contributed by atoms with Crippen molar-refractivity contribution in [2.75, 3.05) is 6.54 Å². The average Bonchev–Trinajstić information content (AvgIpc) is 2.81. The molecule has 0 fully saturated rings. The summed E-state index contributed by atoms with van der Waals surface area (Å²) in [7, 11) is 0. The predicted molar refractivity (Wildman–Crippen MR) is 146 cm³/mol. The highest BCUT2D eigenvalue weighted by molar-refractivity contribution is 5.92. The Morgan fingerprint density at radius 3 is 2.03 bits per heavy atom. The van der Waals surface area contributed by atoms with Gasteiger partial charge in [0, 0.05) is 13.0 Å². The van der Waals surface area contributed by atoms with Gasteiger partial charge in [-0.25, -0.2) is 4.79 Å².